The van der Waals surface area contributed by atoms with Crippen LogP contribution in [0.3, 0.4) is 0 Å². The van der Waals surface area contributed by atoms with E-state index < -0.39 is 0 Å². The van der Waals surface area contributed by atoms with Crippen LogP contribution in [0, 0.1) is 0 Å². The highest BCUT2D eigenvalue weighted by atomic mass is 79.9. The summed E-state index contributed by atoms with van der Waals surface area (Å²) in [5.41, 5.74) is 10.9. The molecule has 0 N–H and O–H groups in total. The zero-order valence-electron chi connectivity index (χ0n) is 17.4. The Morgan fingerprint density at radius 3 is 1.75 bits per heavy atom. The number of hydrogen-bond donors (Lipinski definition) is 0. The summed E-state index contributed by atoms with van der Waals surface area (Å²) >= 11 is 3.70. The first-order chi connectivity index (χ1) is 15.8. The topological polar surface area (TPSA) is 3.24 Å². The van der Waals surface area contributed by atoms with Gasteiger partial charge in [0.2, 0.25) is 0 Å². The molecule has 0 atom stereocenters. The normalized spacial score (nSPS) is 11.8. The highest BCUT2D eigenvalue weighted by Crippen LogP contribution is 2.51. The van der Waals surface area contributed by atoms with E-state index in [-0.39, 0.29) is 0 Å². The van der Waals surface area contributed by atoms with Crippen molar-refractivity contribution in [2.45, 2.75) is 0 Å². The van der Waals surface area contributed by atoms with Gasteiger partial charge in [0, 0.05) is 21.3 Å². The third-order valence-corrected chi connectivity index (χ3v) is 6.58. The van der Waals surface area contributed by atoms with E-state index in [2.05, 4.69) is 142 Å². The number of hydrogen-bond acceptors (Lipinski definition) is 1. The quantitative estimate of drug-likeness (QED) is 0.242. The van der Waals surface area contributed by atoms with E-state index in [1.54, 1.807) is 0 Å². The average Bonchev–Trinajstić information content (AvgIpc) is 2.98. The van der Waals surface area contributed by atoms with Crippen LogP contribution in [0.5, 0.6) is 0 Å². The van der Waals surface area contributed by atoms with Crippen molar-refractivity contribution in [3.63, 3.8) is 0 Å². The second-order valence-electron chi connectivity index (χ2n) is 7.97. The van der Waals surface area contributed by atoms with Crippen LogP contribution in [-0.2, 0) is 0 Å². The Hall–Kier alpha value is -3.62. The maximum absolute atomic E-state index is 3.70. The summed E-state index contributed by atoms with van der Waals surface area (Å²) in [6.07, 6.45) is 0. The van der Waals surface area contributed by atoms with Crippen molar-refractivity contribution in [3.8, 4) is 33.4 Å². The van der Waals surface area contributed by atoms with Gasteiger partial charge in [0.15, 0.2) is 0 Å². The first-order valence-electron chi connectivity index (χ1n) is 10.7. The lowest BCUT2D eigenvalue weighted by molar-refractivity contribution is 1.29. The first kappa shape index (κ1) is 19.1. The van der Waals surface area contributed by atoms with Crippen molar-refractivity contribution < 1.29 is 0 Å². The third-order valence-electron chi connectivity index (χ3n) is 6.08. The molecule has 5 aromatic rings. The minimum Gasteiger partial charge on any atom is -0.309 e. The lowest BCUT2D eigenvalue weighted by atomic mass is 9.95. The van der Waals surface area contributed by atoms with Gasteiger partial charge in [-0.15, -0.1) is 0 Å². The van der Waals surface area contributed by atoms with E-state index in [9.17, 15) is 0 Å². The Bertz CT molecular complexity index is 1420. The van der Waals surface area contributed by atoms with E-state index in [1.165, 1.54) is 44.8 Å². The van der Waals surface area contributed by atoms with Crippen molar-refractivity contribution in [1.82, 2.24) is 0 Å². The third kappa shape index (κ3) is 3.16. The second-order valence-corrected chi connectivity index (χ2v) is 8.89. The van der Waals surface area contributed by atoms with Crippen LogP contribution >= 0.6 is 15.9 Å². The zero-order chi connectivity index (χ0) is 21.5. The van der Waals surface area contributed by atoms with E-state index in [0.717, 1.165) is 10.2 Å². The maximum Gasteiger partial charge on any atom is 0.0541 e. The summed E-state index contributed by atoms with van der Waals surface area (Å²) in [6.45, 7) is 0. The van der Waals surface area contributed by atoms with E-state index in [1.807, 2.05) is 0 Å². The number of halogens is 1. The summed E-state index contributed by atoms with van der Waals surface area (Å²) in [7, 11) is 0. The molecule has 152 valence electrons. The van der Waals surface area contributed by atoms with Crippen LogP contribution in [0.4, 0.5) is 17.1 Å². The Labute approximate surface area is 196 Å². The fraction of sp³-hybridized carbons (Fsp3) is 0. The van der Waals surface area contributed by atoms with Gasteiger partial charge in [-0.05, 0) is 58.7 Å². The number of para-hydroxylation sites is 1. The summed E-state index contributed by atoms with van der Waals surface area (Å²) in [5, 5.41) is 0. The molecule has 0 aromatic heterocycles. The van der Waals surface area contributed by atoms with Gasteiger partial charge in [0.1, 0.15) is 0 Å². The molecule has 1 nitrogen and oxygen atoms in total. The van der Waals surface area contributed by atoms with Crippen molar-refractivity contribution >= 4 is 33.0 Å². The van der Waals surface area contributed by atoms with Crippen molar-refractivity contribution in [2.24, 2.45) is 0 Å². The van der Waals surface area contributed by atoms with Crippen LogP contribution in [-0.4, -0.2) is 0 Å². The van der Waals surface area contributed by atoms with Gasteiger partial charge in [0.05, 0.1) is 11.4 Å². The average molecular weight is 474 g/mol. The predicted molar refractivity (Wildman–Crippen MR) is 139 cm³/mol. The maximum atomic E-state index is 3.70. The highest BCUT2D eigenvalue weighted by Gasteiger charge is 2.25. The van der Waals surface area contributed by atoms with Gasteiger partial charge in [-0.2, -0.15) is 0 Å². The van der Waals surface area contributed by atoms with E-state index in [0.29, 0.717) is 0 Å². The fourth-order valence-corrected chi connectivity index (χ4v) is 4.97. The molecule has 1 aliphatic heterocycles. The SMILES string of the molecule is Brc1ccc2c(c1)-c1ccccc1-c1ccccc1N2c1ccc(-c2ccccc2)cc1. The van der Waals surface area contributed by atoms with Gasteiger partial charge in [-0.25, -0.2) is 0 Å². The summed E-state index contributed by atoms with van der Waals surface area (Å²) in [4.78, 5) is 2.38. The largest absolute Gasteiger partial charge is 0.309 e. The summed E-state index contributed by atoms with van der Waals surface area (Å²) in [5.74, 6) is 0. The molecule has 0 unspecified atom stereocenters. The minimum atomic E-state index is 1.08. The lowest BCUT2D eigenvalue weighted by Crippen LogP contribution is -2.10. The molecule has 0 aliphatic carbocycles. The minimum absolute atomic E-state index is 1.08. The molecule has 6 rings (SSSR count). The first-order valence-corrected chi connectivity index (χ1v) is 11.5. The molecule has 0 saturated heterocycles. The molecule has 0 amide bonds. The number of fused-ring (bicyclic) bond motifs is 5. The molecule has 0 bridgehead atoms. The van der Waals surface area contributed by atoms with Gasteiger partial charge in [-0.1, -0.05) is 101 Å². The predicted octanol–water partition coefficient (Wildman–Crippen LogP) is 9.23. The smallest absolute Gasteiger partial charge is 0.0541 e. The van der Waals surface area contributed by atoms with Crippen LogP contribution < -0.4 is 4.90 Å². The van der Waals surface area contributed by atoms with Crippen LogP contribution in [0.2, 0.25) is 0 Å². The molecule has 0 radical (unpaired) electrons. The summed E-state index contributed by atoms with van der Waals surface area (Å²) in [6, 6.07) is 43.3. The van der Waals surface area contributed by atoms with E-state index >= 15 is 0 Å². The monoisotopic (exact) mass is 473 g/mol. The number of anilines is 3. The Morgan fingerprint density at radius 1 is 0.438 bits per heavy atom. The number of rotatable bonds is 2. The Balaban J connectivity index is 1.59. The molecule has 0 fully saturated rings. The van der Waals surface area contributed by atoms with Crippen molar-refractivity contribution in [2.75, 3.05) is 4.90 Å². The Kier molecular flexibility index (Phi) is 4.66. The number of benzene rings is 5. The molecule has 32 heavy (non-hydrogen) atoms. The Morgan fingerprint density at radius 2 is 1.00 bits per heavy atom. The molecule has 2 heteroatoms. The molecule has 1 heterocycles. The molecule has 5 aromatic carbocycles. The van der Waals surface area contributed by atoms with Crippen LogP contribution in [0.25, 0.3) is 33.4 Å². The van der Waals surface area contributed by atoms with Gasteiger partial charge in [0.25, 0.3) is 0 Å². The van der Waals surface area contributed by atoms with Crippen molar-refractivity contribution in [1.29, 1.82) is 0 Å². The molecule has 0 spiro atoms. The molecule has 1 aliphatic rings. The van der Waals surface area contributed by atoms with Gasteiger partial charge in [-0.3, -0.25) is 0 Å². The van der Waals surface area contributed by atoms with Crippen LogP contribution in [0.15, 0.2) is 126 Å². The number of nitrogens with zero attached hydrogens (tertiary/aromatic N) is 1. The molecule has 0 saturated carbocycles. The molecular formula is C30H20BrN. The summed E-state index contributed by atoms with van der Waals surface area (Å²) < 4.78 is 1.08. The van der Waals surface area contributed by atoms with Gasteiger partial charge >= 0.3 is 0 Å². The zero-order valence-corrected chi connectivity index (χ0v) is 19.0. The van der Waals surface area contributed by atoms with Crippen molar-refractivity contribution in [3.05, 3.63) is 126 Å². The molecular weight excluding hydrogens is 454 g/mol. The van der Waals surface area contributed by atoms with Crippen LogP contribution in [0.1, 0.15) is 0 Å². The lowest BCUT2D eigenvalue weighted by Gasteiger charge is -2.27. The van der Waals surface area contributed by atoms with E-state index in [4.69, 9.17) is 0 Å². The fourth-order valence-electron chi connectivity index (χ4n) is 4.61. The highest BCUT2D eigenvalue weighted by molar-refractivity contribution is 9.10. The second kappa shape index (κ2) is 7.81. The van der Waals surface area contributed by atoms with Gasteiger partial charge < -0.3 is 4.90 Å². The standard InChI is InChI=1S/C30H20BrN/c31-23-16-19-30-28(20-23)26-11-5-4-10-25(26)27-12-6-7-13-29(27)32(30)24-17-14-22(15-18-24)21-8-2-1-3-9-21/h1-20H.